The molecule has 1 rings (SSSR count). The molecular formula is C11H21NO3. The van der Waals surface area contributed by atoms with Gasteiger partial charge in [-0.3, -0.25) is 0 Å². The fourth-order valence-corrected chi connectivity index (χ4v) is 2.08. The van der Waals surface area contributed by atoms with E-state index in [1.165, 1.54) is 0 Å². The lowest BCUT2D eigenvalue weighted by atomic mass is 9.91. The summed E-state index contributed by atoms with van der Waals surface area (Å²) in [5.74, 6) is 0.570. The molecule has 15 heavy (non-hydrogen) atoms. The Labute approximate surface area is 91.5 Å². The Morgan fingerprint density at radius 3 is 2.73 bits per heavy atom. The van der Waals surface area contributed by atoms with E-state index in [1.54, 1.807) is 12.0 Å². The highest BCUT2D eigenvalue weighted by atomic mass is 16.6. The van der Waals surface area contributed by atoms with Crippen molar-refractivity contribution in [3.8, 4) is 0 Å². The molecule has 4 nitrogen and oxygen atoms in total. The third-order valence-corrected chi connectivity index (χ3v) is 3.05. The summed E-state index contributed by atoms with van der Waals surface area (Å²) in [7, 11) is 1.71. The normalized spacial score (nSPS) is 26.5. The zero-order valence-electron chi connectivity index (χ0n) is 9.86. The van der Waals surface area contributed by atoms with Crippen LogP contribution in [0.1, 0.15) is 26.7 Å². The van der Waals surface area contributed by atoms with Crippen molar-refractivity contribution >= 4 is 6.09 Å². The maximum atomic E-state index is 11.5. The highest BCUT2D eigenvalue weighted by Gasteiger charge is 2.30. The van der Waals surface area contributed by atoms with Crippen LogP contribution >= 0.6 is 0 Å². The van der Waals surface area contributed by atoms with E-state index < -0.39 is 0 Å². The predicted octanol–water partition coefficient (Wildman–Crippen LogP) is 1.89. The van der Waals surface area contributed by atoms with E-state index in [4.69, 9.17) is 9.47 Å². The number of likely N-dealkylation sites (tertiary alicyclic amines) is 1. The lowest BCUT2D eigenvalue weighted by Gasteiger charge is -2.36. The lowest BCUT2D eigenvalue weighted by molar-refractivity contribution is -0.0123. The van der Waals surface area contributed by atoms with Crippen LogP contribution in [0.2, 0.25) is 0 Å². The summed E-state index contributed by atoms with van der Waals surface area (Å²) in [4.78, 5) is 13.2. The molecule has 2 unspecified atom stereocenters. The molecule has 0 radical (unpaired) electrons. The second kappa shape index (κ2) is 5.95. The molecule has 1 aliphatic heterocycles. The van der Waals surface area contributed by atoms with Crippen LogP contribution in [0.3, 0.4) is 0 Å². The van der Waals surface area contributed by atoms with Gasteiger partial charge in [0.15, 0.2) is 0 Å². The minimum Gasteiger partial charge on any atom is -0.450 e. The van der Waals surface area contributed by atoms with Gasteiger partial charge in [-0.15, -0.1) is 0 Å². The smallest absolute Gasteiger partial charge is 0.409 e. The van der Waals surface area contributed by atoms with Crippen LogP contribution in [0.15, 0.2) is 0 Å². The Morgan fingerprint density at radius 2 is 2.20 bits per heavy atom. The van der Waals surface area contributed by atoms with Crippen molar-refractivity contribution < 1.29 is 14.3 Å². The third kappa shape index (κ3) is 3.09. The molecule has 1 heterocycles. The second-order valence-corrected chi connectivity index (χ2v) is 3.88. The van der Waals surface area contributed by atoms with Crippen LogP contribution in [0.4, 0.5) is 4.79 Å². The molecule has 0 saturated carbocycles. The molecule has 1 fully saturated rings. The first-order valence-corrected chi connectivity index (χ1v) is 5.67. The van der Waals surface area contributed by atoms with Gasteiger partial charge in [-0.1, -0.05) is 13.3 Å². The number of hydrogen-bond donors (Lipinski definition) is 0. The van der Waals surface area contributed by atoms with Gasteiger partial charge in [-0.05, 0) is 19.3 Å². The molecule has 0 spiro atoms. The van der Waals surface area contributed by atoms with Gasteiger partial charge in [0, 0.05) is 13.7 Å². The SMILES string of the molecule is CCOC(=O)N1CCC(CC)C(OC)C1. The molecule has 0 aromatic heterocycles. The van der Waals surface area contributed by atoms with Crippen molar-refractivity contribution in [2.24, 2.45) is 5.92 Å². The first-order valence-electron chi connectivity index (χ1n) is 5.67. The Balaban J connectivity index is 2.48. The zero-order valence-corrected chi connectivity index (χ0v) is 9.86. The molecule has 0 bridgehead atoms. The molecule has 0 aliphatic carbocycles. The van der Waals surface area contributed by atoms with Gasteiger partial charge >= 0.3 is 6.09 Å². The maximum absolute atomic E-state index is 11.5. The van der Waals surface area contributed by atoms with Gasteiger partial charge in [-0.25, -0.2) is 4.79 Å². The first-order chi connectivity index (χ1) is 7.22. The number of nitrogens with zero attached hydrogens (tertiary/aromatic N) is 1. The second-order valence-electron chi connectivity index (χ2n) is 3.88. The van der Waals surface area contributed by atoms with Crippen LogP contribution in [0, 0.1) is 5.92 Å². The van der Waals surface area contributed by atoms with Gasteiger partial charge in [0.1, 0.15) is 0 Å². The number of rotatable bonds is 3. The molecule has 0 aromatic rings. The molecule has 1 aliphatic rings. The zero-order chi connectivity index (χ0) is 11.3. The van der Waals surface area contributed by atoms with Gasteiger partial charge in [0.05, 0.1) is 19.3 Å². The monoisotopic (exact) mass is 215 g/mol. The summed E-state index contributed by atoms with van der Waals surface area (Å²) in [6, 6.07) is 0. The topological polar surface area (TPSA) is 38.8 Å². The number of carbonyl (C=O) groups excluding carboxylic acids is 1. The van der Waals surface area contributed by atoms with Crippen LogP contribution < -0.4 is 0 Å². The van der Waals surface area contributed by atoms with Gasteiger partial charge in [-0.2, -0.15) is 0 Å². The number of carbonyl (C=O) groups is 1. The largest absolute Gasteiger partial charge is 0.450 e. The molecule has 2 atom stereocenters. The van der Waals surface area contributed by atoms with Crippen molar-refractivity contribution in [3.63, 3.8) is 0 Å². The minimum absolute atomic E-state index is 0.160. The van der Waals surface area contributed by atoms with Gasteiger partial charge in [0.25, 0.3) is 0 Å². The van der Waals surface area contributed by atoms with E-state index in [0.717, 1.165) is 19.4 Å². The summed E-state index contributed by atoms with van der Waals surface area (Å²) in [6.07, 6.45) is 2.06. The number of amides is 1. The van der Waals surface area contributed by atoms with Crippen molar-refractivity contribution in [1.82, 2.24) is 4.90 Å². The summed E-state index contributed by atoms with van der Waals surface area (Å²) in [6.45, 7) is 5.87. The summed E-state index contributed by atoms with van der Waals surface area (Å²) in [5, 5.41) is 0. The average Bonchev–Trinajstić information content (AvgIpc) is 2.28. The molecule has 0 aromatic carbocycles. The molecular weight excluding hydrogens is 194 g/mol. The minimum atomic E-state index is -0.214. The summed E-state index contributed by atoms with van der Waals surface area (Å²) >= 11 is 0. The fraction of sp³-hybridized carbons (Fsp3) is 0.909. The fourth-order valence-electron chi connectivity index (χ4n) is 2.08. The van der Waals surface area contributed by atoms with Crippen LogP contribution in [-0.4, -0.2) is 43.9 Å². The van der Waals surface area contributed by atoms with Crippen LogP contribution in [0.25, 0.3) is 0 Å². The van der Waals surface area contributed by atoms with E-state index >= 15 is 0 Å². The number of hydrogen-bond acceptors (Lipinski definition) is 3. The van der Waals surface area contributed by atoms with Crippen molar-refractivity contribution in [1.29, 1.82) is 0 Å². The molecule has 1 amide bonds. The predicted molar refractivity (Wildman–Crippen MR) is 57.8 cm³/mol. The standard InChI is InChI=1S/C11H21NO3/c1-4-9-6-7-12(8-10(9)14-3)11(13)15-5-2/h9-10H,4-8H2,1-3H3. The molecule has 1 saturated heterocycles. The van der Waals surface area contributed by atoms with Crippen molar-refractivity contribution in [2.75, 3.05) is 26.8 Å². The van der Waals surface area contributed by atoms with Gasteiger partial charge < -0.3 is 14.4 Å². The van der Waals surface area contributed by atoms with E-state index in [9.17, 15) is 4.79 Å². The molecule has 88 valence electrons. The van der Waals surface area contributed by atoms with E-state index in [0.29, 0.717) is 19.1 Å². The lowest BCUT2D eigenvalue weighted by Crippen LogP contribution is -2.47. The number of methoxy groups -OCH3 is 1. The van der Waals surface area contributed by atoms with Crippen LogP contribution in [-0.2, 0) is 9.47 Å². The Bertz CT molecular complexity index is 208. The number of ether oxygens (including phenoxy) is 2. The van der Waals surface area contributed by atoms with E-state index in [-0.39, 0.29) is 12.2 Å². The Hall–Kier alpha value is -0.770. The van der Waals surface area contributed by atoms with E-state index in [2.05, 4.69) is 6.92 Å². The Kier molecular flexibility index (Phi) is 4.88. The first kappa shape index (κ1) is 12.3. The quantitative estimate of drug-likeness (QED) is 0.721. The summed E-state index contributed by atoms with van der Waals surface area (Å²) in [5.41, 5.74) is 0. The average molecular weight is 215 g/mol. The van der Waals surface area contributed by atoms with E-state index in [1.807, 2.05) is 6.92 Å². The Morgan fingerprint density at radius 1 is 1.47 bits per heavy atom. The third-order valence-electron chi connectivity index (χ3n) is 3.05. The van der Waals surface area contributed by atoms with Crippen LogP contribution in [0.5, 0.6) is 0 Å². The molecule has 0 N–H and O–H groups in total. The van der Waals surface area contributed by atoms with Gasteiger partial charge in [0.2, 0.25) is 0 Å². The molecule has 4 heteroatoms. The van der Waals surface area contributed by atoms with Crippen molar-refractivity contribution in [2.45, 2.75) is 32.8 Å². The highest BCUT2D eigenvalue weighted by molar-refractivity contribution is 5.67. The summed E-state index contributed by atoms with van der Waals surface area (Å²) < 4.78 is 10.4. The van der Waals surface area contributed by atoms with Crippen molar-refractivity contribution in [3.05, 3.63) is 0 Å². The highest BCUT2D eigenvalue weighted by Crippen LogP contribution is 2.23. The maximum Gasteiger partial charge on any atom is 0.409 e. The number of piperidine rings is 1.